The van der Waals surface area contributed by atoms with Crippen LogP contribution in [0.2, 0.25) is 0 Å². The van der Waals surface area contributed by atoms with Gasteiger partial charge in [-0.1, -0.05) is 36.4 Å². The number of aliphatic hydroxyl groups is 4. The Morgan fingerprint density at radius 3 is 1.36 bits per heavy atom. The van der Waals surface area contributed by atoms with Gasteiger partial charge in [-0.3, -0.25) is 18.7 Å². The number of para-hydroxylation sites is 2. The fourth-order valence-corrected chi connectivity index (χ4v) is 4.49. The first-order chi connectivity index (χ1) is 22.0. The van der Waals surface area contributed by atoms with E-state index in [9.17, 15) is 9.59 Å². The fourth-order valence-electron chi connectivity index (χ4n) is 4.49. The van der Waals surface area contributed by atoms with E-state index in [1.807, 2.05) is 84.2 Å². The summed E-state index contributed by atoms with van der Waals surface area (Å²) in [4.78, 5) is 23.5. The van der Waals surface area contributed by atoms with Crippen LogP contribution in [0.1, 0.15) is 11.1 Å². The zero-order valence-electron chi connectivity index (χ0n) is 25.9. The number of hydrogen-bond donors (Lipinski definition) is 8. The summed E-state index contributed by atoms with van der Waals surface area (Å²) in [5, 5.41) is 37.7. The van der Waals surface area contributed by atoms with Gasteiger partial charge in [0.1, 0.15) is 37.5 Å². The molecule has 4 aromatic rings. The van der Waals surface area contributed by atoms with Crippen molar-refractivity contribution in [1.29, 1.82) is 0 Å². The number of aliphatic hydroxyl groups excluding tert-OH is 4. The molecule has 0 radical (unpaired) electrons. The van der Waals surface area contributed by atoms with Crippen LogP contribution in [0.25, 0.3) is 21.8 Å². The van der Waals surface area contributed by atoms with E-state index in [1.54, 1.807) is 0 Å². The Labute approximate surface area is 271 Å². The van der Waals surface area contributed by atoms with Crippen LogP contribution >= 0.6 is 0 Å². The van der Waals surface area contributed by atoms with E-state index < -0.39 is 59.8 Å². The number of hydrogen-bond acceptors (Lipinski definition) is 12. The molecule has 2 heterocycles. The van der Waals surface area contributed by atoms with Crippen molar-refractivity contribution in [2.24, 2.45) is 25.6 Å². The van der Waals surface area contributed by atoms with Gasteiger partial charge in [0.25, 0.3) is 0 Å². The van der Waals surface area contributed by atoms with E-state index in [4.69, 9.17) is 58.9 Å². The van der Waals surface area contributed by atoms with Gasteiger partial charge >= 0.3 is 22.3 Å². The number of nitrogens with two attached hydrogens (primary N) is 2. The number of rotatable bonds is 12. The number of esters is 2. The van der Waals surface area contributed by atoms with Gasteiger partial charge in [0.15, 0.2) is 0 Å². The zero-order chi connectivity index (χ0) is 35.3. The molecule has 10 N–H and O–H groups in total. The van der Waals surface area contributed by atoms with Gasteiger partial charge < -0.3 is 50.5 Å². The van der Waals surface area contributed by atoms with E-state index in [1.165, 1.54) is 0 Å². The minimum absolute atomic E-state index is 0.251. The fraction of sp³-hybridized carbons (Fsp3) is 0.400. The summed E-state index contributed by atoms with van der Waals surface area (Å²) in [6.07, 6.45) is 2.46. The summed E-state index contributed by atoms with van der Waals surface area (Å²) in [5.41, 5.74) is 15.8. The van der Waals surface area contributed by atoms with Gasteiger partial charge in [0, 0.05) is 61.1 Å². The van der Waals surface area contributed by atoms with Crippen LogP contribution in [0.3, 0.4) is 0 Å². The highest BCUT2D eigenvalue weighted by Crippen LogP contribution is 2.22. The Hall–Kier alpha value is -3.91. The molecule has 4 rings (SSSR count). The molecule has 17 heteroatoms. The molecule has 0 amide bonds. The third-order valence-corrected chi connectivity index (χ3v) is 6.70. The lowest BCUT2D eigenvalue weighted by atomic mass is 10.1. The lowest BCUT2D eigenvalue weighted by molar-refractivity contribution is -0.149. The second-order valence-corrected chi connectivity index (χ2v) is 11.5. The molecule has 2 aromatic heterocycles. The number of aryl methyl sites for hydroxylation is 2. The van der Waals surface area contributed by atoms with Crippen molar-refractivity contribution < 1.29 is 57.0 Å². The first-order valence-electron chi connectivity index (χ1n) is 14.2. The quantitative estimate of drug-likeness (QED) is 0.0674. The van der Waals surface area contributed by atoms with Crippen LogP contribution in [-0.2, 0) is 56.4 Å². The van der Waals surface area contributed by atoms with Crippen molar-refractivity contribution >= 4 is 44.1 Å². The molecule has 0 aliphatic heterocycles. The standard InChI is InChI=1S/2C15H20N2O4.H2O4S/c2*1-17-7-10(12-4-2-3-5-14(12)17)6-13(16)15(20)21-9-11(19)8-18;1-5(2,3)4/h2*2-5,7,11,13,18-19H,6,8-9,16H2,1H3;(H2,1,2,3,4)/t2*11?,13-;/m11./s1. The Bertz CT molecular complexity index is 1590. The molecule has 260 valence electrons. The van der Waals surface area contributed by atoms with E-state index in [2.05, 4.69) is 0 Å². The van der Waals surface area contributed by atoms with Crippen molar-refractivity contribution in [1.82, 2.24) is 9.13 Å². The normalized spacial score (nSPS) is 13.8. The monoisotopic (exact) mass is 682 g/mol. The zero-order valence-corrected chi connectivity index (χ0v) is 26.7. The van der Waals surface area contributed by atoms with E-state index in [0.29, 0.717) is 12.8 Å². The number of nitrogens with zero attached hydrogens (tertiary/aromatic N) is 2. The van der Waals surface area contributed by atoms with Crippen LogP contribution in [0.15, 0.2) is 60.9 Å². The number of carbonyl (C=O) groups is 2. The van der Waals surface area contributed by atoms with Gasteiger partial charge in [-0.05, 0) is 23.3 Å². The maximum absolute atomic E-state index is 11.8. The maximum atomic E-state index is 11.8. The molecule has 16 nitrogen and oxygen atoms in total. The molecule has 0 aliphatic rings. The van der Waals surface area contributed by atoms with E-state index >= 15 is 0 Å². The Morgan fingerprint density at radius 1 is 0.723 bits per heavy atom. The SMILES string of the molecule is Cn1cc(C[C@@H](N)C(=O)OCC(O)CO)c2ccccc21.Cn1cc(C[C@@H](N)C(=O)OCC(O)CO)c2ccccc21.O=S(=O)(O)O. The first kappa shape index (κ1) is 39.3. The van der Waals surface area contributed by atoms with Crippen molar-refractivity contribution in [2.75, 3.05) is 26.4 Å². The Balaban J connectivity index is 0.000000286. The molecule has 0 aliphatic carbocycles. The van der Waals surface area contributed by atoms with Gasteiger partial charge in [0.2, 0.25) is 0 Å². The van der Waals surface area contributed by atoms with Crippen LogP contribution in [0.4, 0.5) is 0 Å². The van der Waals surface area contributed by atoms with Crippen molar-refractivity contribution in [3.8, 4) is 0 Å². The highest BCUT2D eigenvalue weighted by Gasteiger charge is 2.20. The molecule has 47 heavy (non-hydrogen) atoms. The summed E-state index contributed by atoms with van der Waals surface area (Å²) >= 11 is 0. The average molecular weight is 683 g/mol. The number of aromatic nitrogens is 2. The van der Waals surface area contributed by atoms with Crippen LogP contribution in [-0.4, -0.2) is 110 Å². The average Bonchev–Trinajstić information content (AvgIpc) is 3.52. The summed E-state index contributed by atoms with van der Waals surface area (Å²) in [7, 11) is -0.791. The molecule has 2 aromatic carbocycles. The summed E-state index contributed by atoms with van der Waals surface area (Å²) in [5.74, 6) is -1.18. The molecule has 0 saturated heterocycles. The smallest absolute Gasteiger partial charge is 0.394 e. The summed E-state index contributed by atoms with van der Waals surface area (Å²) < 4.78 is 45.3. The molecule has 0 spiro atoms. The lowest BCUT2D eigenvalue weighted by Crippen LogP contribution is -2.36. The molecule has 2 unspecified atom stereocenters. The number of carbonyl (C=O) groups excluding carboxylic acids is 2. The topological polar surface area (TPSA) is 270 Å². The van der Waals surface area contributed by atoms with Crippen LogP contribution in [0, 0.1) is 0 Å². The lowest BCUT2D eigenvalue weighted by Gasteiger charge is -2.13. The van der Waals surface area contributed by atoms with Gasteiger partial charge in [0.05, 0.1) is 13.2 Å². The second-order valence-electron chi connectivity index (χ2n) is 10.6. The predicted molar refractivity (Wildman–Crippen MR) is 171 cm³/mol. The van der Waals surface area contributed by atoms with Crippen molar-refractivity contribution in [2.45, 2.75) is 37.1 Å². The Morgan fingerprint density at radius 2 is 1.04 bits per heavy atom. The van der Waals surface area contributed by atoms with Gasteiger partial charge in [-0.2, -0.15) is 8.42 Å². The molecular formula is C30H42N4O12S. The highest BCUT2D eigenvalue weighted by atomic mass is 32.3. The van der Waals surface area contributed by atoms with Crippen molar-refractivity contribution in [3.63, 3.8) is 0 Å². The highest BCUT2D eigenvalue weighted by molar-refractivity contribution is 7.79. The third kappa shape index (κ3) is 13.0. The first-order valence-corrected chi connectivity index (χ1v) is 15.6. The number of ether oxygens (including phenoxy) is 2. The number of fused-ring (bicyclic) bond motifs is 2. The molecule has 0 bridgehead atoms. The van der Waals surface area contributed by atoms with E-state index in [0.717, 1.165) is 32.9 Å². The van der Waals surface area contributed by atoms with Crippen LogP contribution < -0.4 is 11.5 Å². The van der Waals surface area contributed by atoms with Gasteiger partial charge in [-0.15, -0.1) is 0 Å². The van der Waals surface area contributed by atoms with Gasteiger partial charge in [-0.25, -0.2) is 0 Å². The maximum Gasteiger partial charge on any atom is 0.394 e. The second kappa shape index (κ2) is 18.4. The van der Waals surface area contributed by atoms with Crippen LogP contribution in [0.5, 0.6) is 0 Å². The third-order valence-electron chi connectivity index (χ3n) is 6.70. The molecular weight excluding hydrogens is 640 g/mol. The minimum Gasteiger partial charge on any atom is -0.462 e. The number of benzene rings is 2. The van der Waals surface area contributed by atoms with E-state index in [-0.39, 0.29) is 13.2 Å². The minimum atomic E-state index is -4.67. The van der Waals surface area contributed by atoms with Crippen molar-refractivity contribution in [3.05, 3.63) is 72.1 Å². The Kier molecular flexibility index (Phi) is 15.4. The molecule has 0 fully saturated rings. The molecule has 0 saturated carbocycles. The summed E-state index contributed by atoms with van der Waals surface area (Å²) in [6.45, 7) is -1.41. The summed E-state index contributed by atoms with van der Waals surface area (Å²) in [6, 6.07) is 14.1. The largest absolute Gasteiger partial charge is 0.462 e. The predicted octanol–water partition coefficient (Wildman–Crippen LogP) is -0.764. The molecule has 4 atom stereocenters.